The molecule has 2 N–H and O–H groups in total. The Hall–Kier alpha value is -1.32. The van der Waals surface area contributed by atoms with E-state index >= 15 is 0 Å². The van der Waals surface area contributed by atoms with Crippen LogP contribution in [-0.2, 0) is 0 Å². The van der Waals surface area contributed by atoms with Crippen molar-refractivity contribution in [3.63, 3.8) is 0 Å². The van der Waals surface area contributed by atoms with Gasteiger partial charge in [0.25, 0.3) is 0 Å². The Labute approximate surface area is 96.9 Å². The van der Waals surface area contributed by atoms with Crippen molar-refractivity contribution in [3.05, 3.63) is 11.9 Å². The predicted molar refractivity (Wildman–Crippen MR) is 66.6 cm³/mol. The minimum absolute atomic E-state index is 0.558. The topological polar surface area (TPSA) is 55.0 Å². The lowest BCUT2D eigenvalue weighted by Gasteiger charge is -2.21. The van der Waals surface area contributed by atoms with E-state index in [2.05, 4.69) is 28.7 Å². The lowest BCUT2D eigenvalue weighted by molar-refractivity contribution is 0.768. The lowest BCUT2D eigenvalue weighted by atomic mass is 10.3. The summed E-state index contributed by atoms with van der Waals surface area (Å²) >= 11 is 0. The minimum Gasteiger partial charge on any atom is -0.384 e. The van der Waals surface area contributed by atoms with E-state index in [1.54, 1.807) is 0 Å². The molecular formula is C12H20N4. The van der Waals surface area contributed by atoms with Crippen LogP contribution in [0.4, 0.5) is 11.6 Å². The van der Waals surface area contributed by atoms with E-state index < -0.39 is 0 Å². The Morgan fingerprint density at radius 2 is 2.12 bits per heavy atom. The van der Waals surface area contributed by atoms with Gasteiger partial charge in [-0.25, -0.2) is 9.97 Å². The molecule has 0 saturated heterocycles. The maximum Gasteiger partial charge on any atom is 0.136 e. The number of nitrogens with two attached hydrogens (primary N) is 1. The Bertz CT molecular complexity index is 360. The SMILES string of the molecule is CCCN(CC)c1cc(N)nc(C2CC2)n1. The molecule has 0 atom stereocenters. The zero-order valence-corrected chi connectivity index (χ0v) is 10.1. The third-order valence-electron chi connectivity index (χ3n) is 2.89. The first-order chi connectivity index (χ1) is 7.74. The van der Waals surface area contributed by atoms with E-state index in [9.17, 15) is 0 Å². The number of aromatic nitrogens is 2. The van der Waals surface area contributed by atoms with E-state index in [4.69, 9.17) is 5.73 Å². The van der Waals surface area contributed by atoms with Crippen LogP contribution in [0.5, 0.6) is 0 Å². The van der Waals surface area contributed by atoms with Crippen LogP contribution in [-0.4, -0.2) is 23.1 Å². The van der Waals surface area contributed by atoms with E-state index in [0.29, 0.717) is 11.7 Å². The van der Waals surface area contributed by atoms with Gasteiger partial charge in [-0.2, -0.15) is 0 Å². The number of hydrogen-bond donors (Lipinski definition) is 1. The third-order valence-corrected chi connectivity index (χ3v) is 2.89. The van der Waals surface area contributed by atoms with Crippen LogP contribution in [0.25, 0.3) is 0 Å². The van der Waals surface area contributed by atoms with Gasteiger partial charge in [-0.1, -0.05) is 6.92 Å². The number of nitrogens with zero attached hydrogens (tertiary/aromatic N) is 3. The summed E-state index contributed by atoms with van der Waals surface area (Å²) in [6.07, 6.45) is 3.54. The summed E-state index contributed by atoms with van der Waals surface area (Å²) in [6, 6.07) is 1.88. The summed E-state index contributed by atoms with van der Waals surface area (Å²) < 4.78 is 0. The molecule has 4 nitrogen and oxygen atoms in total. The highest BCUT2D eigenvalue weighted by Crippen LogP contribution is 2.38. The van der Waals surface area contributed by atoms with Crippen molar-refractivity contribution < 1.29 is 0 Å². The van der Waals surface area contributed by atoms with Gasteiger partial charge in [-0.05, 0) is 26.2 Å². The van der Waals surface area contributed by atoms with Gasteiger partial charge in [0.1, 0.15) is 17.5 Å². The molecule has 1 aromatic rings. The molecule has 0 aromatic carbocycles. The highest BCUT2D eigenvalue weighted by molar-refractivity contribution is 5.47. The van der Waals surface area contributed by atoms with E-state index in [1.807, 2.05) is 6.07 Å². The Morgan fingerprint density at radius 1 is 1.38 bits per heavy atom. The second-order valence-electron chi connectivity index (χ2n) is 4.36. The van der Waals surface area contributed by atoms with Crippen LogP contribution in [0.3, 0.4) is 0 Å². The van der Waals surface area contributed by atoms with Crippen molar-refractivity contribution in [3.8, 4) is 0 Å². The third kappa shape index (κ3) is 2.43. The van der Waals surface area contributed by atoms with Crippen LogP contribution in [0, 0.1) is 0 Å². The molecule has 2 rings (SSSR count). The predicted octanol–water partition coefficient (Wildman–Crippen LogP) is 2.17. The van der Waals surface area contributed by atoms with E-state index in [-0.39, 0.29) is 0 Å². The molecular weight excluding hydrogens is 200 g/mol. The standard InChI is InChI=1S/C12H20N4/c1-3-7-16(4-2)11-8-10(13)14-12(15-11)9-5-6-9/h8-9H,3-7H2,1-2H3,(H2,13,14,15). The minimum atomic E-state index is 0.558. The first-order valence-corrected chi connectivity index (χ1v) is 6.14. The molecule has 0 spiro atoms. The summed E-state index contributed by atoms with van der Waals surface area (Å²) in [6.45, 7) is 6.31. The van der Waals surface area contributed by atoms with Crippen molar-refractivity contribution in [1.82, 2.24) is 9.97 Å². The summed E-state index contributed by atoms with van der Waals surface area (Å²) in [7, 11) is 0. The van der Waals surface area contributed by atoms with Gasteiger partial charge in [0.2, 0.25) is 0 Å². The summed E-state index contributed by atoms with van der Waals surface area (Å²) in [5, 5.41) is 0. The van der Waals surface area contributed by atoms with Crippen molar-refractivity contribution in [2.75, 3.05) is 23.7 Å². The molecule has 16 heavy (non-hydrogen) atoms. The highest BCUT2D eigenvalue weighted by Gasteiger charge is 2.27. The van der Waals surface area contributed by atoms with Crippen molar-refractivity contribution in [1.29, 1.82) is 0 Å². The summed E-state index contributed by atoms with van der Waals surface area (Å²) in [5.41, 5.74) is 5.84. The second-order valence-corrected chi connectivity index (χ2v) is 4.36. The van der Waals surface area contributed by atoms with E-state index in [1.165, 1.54) is 12.8 Å². The average molecular weight is 220 g/mol. The maximum absolute atomic E-state index is 5.84. The van der Waals surface area contributed by atoms with Gasteiger partial charge < -0.3 is 10.6 Å². The van der Waals surface area contributed by atoms with Crippen molar-refractivity contribution in [2.24, 2.45) is 0 Å². The first-order valence-electron chi connectivity index (χ1n) is 6.14. The Balaban J connectivity index is 2.24. The quantitative estimate of drug-likeness (QED) is 0.826. The maximum atomic E-state index is 5.84. The largest absolute Gasteiger partial charge is 0.384 e. The van der Waals surface area contributed by atoms with Gasteiger partial charge in [0.05, 0.1) is 0 Å². The van der Waals surface area contributed by atoms with Crippen LogP contribution >= 0.6 is 0 Å². The number of anilines is 2. The molecule has 1 fully saturated rings. The van der Waals surface area contributed by atoms with Crippen LogP contribution in [0.1, 0.15) is 44.9 Å². The molecule has 1 heterocycles. The molecule has 88 valence electrons. The zero-order valence-electron chi connectivity index (χ0n) is 10.1. The molecule has 1 aliphatic carbocycles. The second kappa shape index (κ2) is 4.68. The van der Waals surface area contributed by atoms with Gasteiger partial charge in [-0.15, -0.1) is 0 Å². The van der Waals surface area contributed by atoms with Crippen molar-refractivity contribution >= 4 is 11.6 Å². The fourth-order valence-corrected chi connectivity index (χ4v) is 1.86. The van der Waals surface area contributed by atoms with Crippen LogP contribution in [0.2, 0.25) is 0 Å². The highest BCUT2D eigenvalue weighted by atomic mass is 15.2. The number of nitrogen functional groups attached to an aromatic ring is 1. The molecule has 1 saturated carbocycles. The molecule has 4 heteroatoms. The van der Waals surface area contributed by atoms with Crippen LogP contribution in [0.15, 0.2) is 6.07 Å². The molecule has 0 bridgehead atoms. The first kappa shape index (κ1) is 11.2. The monoisotopic (exact) mass is 220 g/mol. The molecule has 1 aromatic heterocycles. The van der Waals surface area contributed by atoms with Gasteiger partial charge in [0, 0.05) is 25.1 Å². The lowest BCUT2D eigenvalue weighted by Crippen LogP contribution is -2.25. The molecule has 0 aliphatic heterocycles. The molecule has 1 aliphatic rings. The normalized spacial score (nSPS) is 15.1. The van der Waals surface area contributed by atoms with Gasteiger partial charge >= 0.3 is 0 Å². The fraction of sp³-hybridized carbons (Fsp3) is 0.667. The Morgan fingerprint density at radius 3 is 2.69 bits per heavy atom. The summed E-state index contributed by atoms with van der Waals surface area (Å²) in [4.78, 5) is 11.2. The molecule has 0 radical (unpaired) electrons. The van der Waals surface area contributed by atoms with Crippen molar-refractivity contribution in [2.45, 2.75) is 39.0 Å². The zero-order chi connectivity index (χ0) is 11.5. The fourth-order valence-electron chi connectivity index (χ4n) is 1.86. The number of rotatable bonds is 5. The van der Waals surface area contributed by atoms with Crippen LogP contribution < -0.4 is 10.6 Å². The van der Waals surface area contributed by atoms with Gasteiger partial charge in [0.15, 0.2) is 0 Å². The van der Waals surface area contributed by atoms with Gasteiger partial charge in [-0.3, -0.25) is 0 Å². The van der Waals surface area contributed by atoms with E-state index in [0.717, 1.165) is 31.2 Å². The average Bonchev–Trinajstić information content (AvgIpc) is 3.08. The molecule has 0 unspecified atom stereocenters. The number of hydrogen-bond acceptors (Lipinski definition) is 4. The molecule has 0 amide bonds. The Kier molecular flexibility index (Phi) is 3.27. The smallest absolute Gasteiger partial charge is 0.136 e. The summed E-state index contributed by atoms with van der Waals surface area (Å²) in [5.74, 6) is 3.08.